The maximum absolute atomic E-state index is 11.7. The molecule has 5 nitrogen and oxygen atoms in total. The Kier molecular flexibility index (Phi) is 6.32. The second-order valence-corrected chi connectivity index (χ2v) is 6.35. The highest BCUT2D eigenvalue weighted by molar-refractivity contribution is 6.34. The van der Waals surface area contributed by atoms with E-state index in [2.05, 4.69) is 10.6 Å². The molecule has 1 saturated heterocycles. The first-order valence-electron chi connectivity index (χ1n) is 7.24. The summed E-state index contributed by atoms with van der Waals surface area (Å²) < 4.78 is 5.19. The van der Waals surface area contributed by atoms with E-state index in [-0.39, 0.29) is 12.6 Å². The number of halogens is 2. The largest absolute Gasteiger partial charge is 0.388 e. The quantitative estimate of drug-likeness (QED) is 0.766. The number of aliphatic hydroxyl groups is 1. The second-order valence-electron chi connectivity index (χ2n) is 5.47. The average molecular weight is 347 g/mol. The molecule has 0 saturated carbocycles. The number of amides is 2. The number of carbonyl (C=O) groups is 1. The molecule has 0 spiro atoms. The van der Waals surface area contributed by atoms with Crippen molar-refractivity contribution in [3.05, 3.63) is 33.8 Å². The molecule has 22 heavy (non-hydrogen) atoms. The fourth-order valence-corrected chi connectivity index (χ4v) is 2.88. The minimum atomic E-state index is -0.865. The van der Waals surface area contributed by atoms with Gasteiger partial charge in [-0.25, -0.2) is 4.79 Å². The van der Waals surface area contributed by atoms with Gasteiger partial charge in [0.15, 0.2) is 0 Å². The minimum absolute atomic E-state index is 0.227. The van der Waals surface area contributed by atoms with Crippen LogP contribution in [-0.4, -0.2) is 43.0 Å². The van der Waals surface area contributed by atoms with Crippen LogP contribution in [0.2, 0.25) is 10.0 Å². The molecule has 0 atom stereocenters. The summed E-state index contributed by atoms with van der Waals surface area (Å²) >= 11 is 11.8. The third-order valence-electron chi connectivity index (χ3n) is 3.62. The standard InChI is InChI=1S/C15H20Cl2N2O3/c16-12-7-11(8-13(17)9-12)1-4-18-14(20)19-10-15(21)2-5-22-6-3-15/h7-9,21H,1-6,10H2,(H2,18,19,20). The van der Waals surface area contributed by atoms with Gasteiger partial charge < -0.3 is 20.5 Å². The molecule has 1 fully saturated rings. The topological polar surface area (TPSA) is 70.6 Å². The number of benzene rings is 1. The summed E-state index contributed by atoms with van der Waals surface area (Å²) in [6.45, 7) is 1.74. The van der Waals surface area contributed by atoms with Gasteiger partial charge in [0.05, 0.1) is 5.60 Å². The van der Waals surface area contributed by atoms with Crippen molar-refractivity contribution in [1.29, 1.82) is 0 Å². The van der Waals surface area contributed by atoms with Gasteiger partial charge in [0.2, 0.25) is 0 Å². The number of rotatable bonds is 5. The van der Waals surface area contributed by atoms with Crippen molar-refractivity contribution in [1.82, 2.24) is 10.6 Å². The van der Waals surface area contributed by atoms with E-state index in [0.29, 0.717) is 49.1 Å². The zero-order valence-electron chi connectivity index (χ0n) is 12.2. The molecule has 7 heteroatoms. The maximum atomic E-state index is 11.7. The first-order chi connectivity index (χ1) is 10.5. The third-order valence-corrected chi connectivity index (χ3v) is 4.06. The molecule has 0 aliphatic carbocycles. The van der Waals surface area contributed by atoms with E-state index in [1.165, 1.54) is 0 Å². The van der Waals surface area contributed by atoms with Gasteiger partial charge in [-0.1, -0.05) is 23.2 Å². The van der Waals surface area contributed by atoms with Crippen LogP contribution in [0.15, 0.2) is 18.2 Å². The number of hydrogen-bond acceptors (Lipinski definition) is 3. The lowest BCUT2D eigenvalue weighted by molar-refractivity contribution is -0.0600. The van der Waals surface area contributed by atoms with Crippen molar-refractivity contribution in [3.8, 4) is 0 Å². The molecule has 0 bridgehead atoms. The molecule has 0 aromatic heterocycles. The molecule has 1 aliphatic heterocycles. The molecule has 2 amide bonds. The summed E-state index contributed by atoms with van der Waals surface area (Å²) in [7, 11) is 0. The molecule has 1 aromatic carbocycles. The molecule has 2 rings (SSSR count). The summed E-state index contributed by atoms with van der Waals surface area (Å²) in [5, 5.41) is 16.8. The van der Waals surface area contributed by atoms with Crippen molar-refractivity contribution in [3.63, 3.8) is 0 Å². The van der Waals surface area contributed by atoms with Crippen LogP contribution in [0.4, 0.5) is 4.79 Å². The Balaban J connectivity index is 1.69. The van der Waals surface area contributed by atoms with E-state index in [4.69, 9.17) is 27.9 Å². The van der Waals surface area contributed by atoms with Gasteiger partial charge in [0.25, 0.3) is 0 Å². The smallest absolute Gasteiger partial charge is 0.314 e. The Morgan fingerprint density at radius 2 is 1.82 bits per heavy atom. The zero-order valence-corrected chi connectivity index (χ0v) is 13.7. The van der Waals surface area contributed by atoms with Crippen LogP contribution in [0.1, 0.15) is 18.4 Å². The molecular formula is C15H20Cl2N2O3. The average Bonchev–Trinajstić information content (AvgIpc) is 2.45. The number of nitrogens with one attached hydrogen (secondary N) is 2. The third kappa shape index (κ3) is 5.65. The predicted octanol–water partition coefficient (Wildman–Crippen LogP) is 2.38. The minimum Gasteiger partial charge on any atom is -0.388 e. The monoisotopic (exact) mass is 346 g/mol. The van der Waals surface area contributed by atoms with Gasteiger partial charge in [0.1, 0.15) is 0 Å². The number of carbonyl (C=O) groups excluding carboxylic acids is 1. The maximum Gasteiger partial charge on any atom is 0.314 e. The first-order valence-corrected chi connectivity index (χ1v) is 7.99. The van der Waals surface area contributed by atoms with E-state index in [9.17, 15) is 9.90 Å². The van der Waals surface area contributed by atoms with Crippen LogP contribution >= 0.6 is 23.2 Å². The molecular weight excluding hydrogens is 327 g/mol. The molecule has 3 N–H and O–H groups in total. The molecule has 0 radical (unpaired) electrons. The van der Waals surface area contributed by atoms with Crippen molar-refractivity contribution in [2.45, 2.75) is 24.9 Å². The summed E-state index contributed by atoms with van der Waals surface area (Å²) in [5.74, 6) is 0. The molecule has 1 aromatic rings. The van der Waals surface area contributed by atoms with E-state index < -0.39 is 5.60 Å². The highest BCUT2D eigenvalue weighted by Crippen LogP contribution is 2.20. The van der Waals surface area contributed by atoms with Gasteiger partial charge >= 0.3 is 6.03 Å². The normalized spacial score (nSPS) is 17.0. The Labute approximate surface area is 139 Å². The van der Waals surface area contributed by atoms with Gasteiger partial charge in [-0.15, -0.1) is 0 Å². The van der Waals surface area contributed by atoms with Gasteiger partial charge in [0, 0.05) is 49.2 Å². The Hall–Kier alpha value is -1.01. The summed E-state index contributed by atoms with van der Waals surface area (Å²) in [6, 6.07) is 5.00. The van der Waals surface area contributed by atoms with Gasteiger partial charge in [-0.3, -0.25) is 0 Å². The predicted molar refractivity (Wildman–Crippen MR) is 86.6 cm³/mol. The summed E-state index contributed by atoms with van der Waals surface area (Å²) in [6.07, 6.45) is 1.70. The SMILES string of the molecule is O=C(NCCc1cc(Cl)cc(Cl)c1)NCC1(O)CCOCC1. The lowest BCUT2D eigenvalue weighted by atomic mass is 9.94. The van der Waals surface area contributed by atoms with E-state index in [1.807, 2.05) is 12.1 Å². The number of hydrogen-bond donors (Lipinski definition) is 3. The van der Waals surface area contributed by atoms with Crippen LogP contribution < -0.4 is 10.6 Å². The van der Waals surface area contributed by atoms with E-state index in [0.717, 1.165) is 5.56 Å². The fraction of sp³-hybridized carbons (Fsp3) is 0.533. The van der Waals surface area contributed by atoms with Crippen molar-refractivity contribution >= 4 is 29.2 Å². The van der Waals surface area contributed by atoms with Crippen LogP contribution in [-0.2, 0) is 11.2 Å². The summed E-state index contributed by atoms with van der Waals surface area (Å²) in [4.78, 5) is 11.7. The highest BCUT2D eigenvalue weighted by Gasteiger charge is 2.29. The van der Waals surface area contributed by atoms with Crippen molar-refractivity contribution < 1.29 is 14.6 Å². The Morgan fingerprint density at radius 1 is 1.18 bits per heavy atom. The van der Waals surface area contributed by atoms with Crippen LogP contribution in [0.25, 0.3) is 0 Å². The van der Waals surface area contributed by atoms with Gasteiger partial charge in [-0.2, -0.15) is 0 Å². The molecule has 0 unspecified atom stereocenters. The van der Waals surface area contributed by atoms with Gasteiger partial charge in [-0.05, 0) is 30.2 Å². The Morgan fingerprint density at radius 3 is 2.45 bits per heavy atom. The highest BCUT2D eigenvalue weighted by atomic mass is 35.5. The zero-order chi connectivity index (χ0) is 16.0. The number of ether oxygens (including phenoxy) is 1. The van der Waals surface area contributed by atoms with Crippen LogP contribution in [0.5, 0.6) is 0 Å². The van der Waals surface area contributed by atoms with Crippen LogP contribution in [0.3, 0.4) is 0 Å². The van der Waals surface area contributed by atoms with Crippen molar-refractivity contribution in [2.24, 2.45) is 0 Å². The molecule has 122 valence electrons. The van der Waals surface area contributed by atoms with E-state index >= 15 is 0 Å². The first kappa shape index (κ1) is 17.3. The van der Waals surface area contributed by atoms with E-state index in [1.54, 1.807) is 6.07 Å². The number of urea groups is 1. The summed E-state index contributed by atoms with van der Waals surface area (Å²) in [5.41, 5.74) is 0.0941. The molecule has 1 aliphatic rings. The lowest BCUT2D eigenvalue weighted by Gasteiger charge is -2.32. The fourth-order valence-electron chi connectivity index (χ4n) is 2.31. The molecule has 1 heterocycles. The van der Waals surface area contributed by atoms with Crippen molar-refractivity contribution in [2.75, 3.05) is 26.3 Å². The lowest BCUT2D eigenvalue weighted by Crippen LogP contribution is -2.49. The van der Waals surface area contributed by atoms with Crippen LogP contribution in [0, 0.1) is 0 Å². The second kappa shape index (κ2) is 8.02. The Bertz CT molecular complexity index is 499.